The topological polar surface area (TPSA) is 44.2 Å². The average molecular weight is 258 g/mol. The van der Waals surface area contributed by atoms with E-state index in [0.29, 0.717) is 12.3 Å². The molecular weight excluding hydrogens is 236 g/mol. The van der Waals surface area contributed by atoms with Gasteiger partial charge in [0.15, 0.2) is 0 Å². The molecule has 0 bridgehead atoms. The Morgan fingerprint density at radius 1 is 1.21 bits per heavy atom. The molecule has 1 N–H and O–H groups in total. The van der Waals surface area contributed by atoms with E-state index in [1.807, 2.05) is 23.1 Å². The summed E-state index contributed by atoms with van der Waals surface area (Å²) in [7, 11) is 0. The molecule has 0 unspecified atom stereocenters. The van der Waals surface area contributed by atoms with Crippen LogP contribution in [0.25, 0.3) is 0 Å². The maximum atomic E-state index is 11.6. The van der Waals surface area contributed by atoms with E-state index in [0.717, 1.165) is 50.9 Å². The predicted molar refractivity (Wildman–Crippen MR) is 77.5 cm³/mol. The Balaban J connectivity index is 1.68. The second-order valence-corrected chi connectivity index (χ2v) is 5.21. The highest BCUT2D eigenvalue weighted by Crippen LogP contribution is 2.11. The largest absolute Gasteiger partial charge is 0.343 e. The molecule has 1 aliphatic rings. The van der Waals surface area contributed by atoms with Crippen LogP contribution in [0.1, 0.15) is 37.7 Å². The molecule has 1 saturated heterocycles. The van der Waals surface area contributed by atoms with Crippen LogP contribution in [0.5, 0.6) is 0 Å². The Labute approximate surface area is 115 Å². The number of nitrogens with one attached hydrogen (secondary N) is 1. The van der Waals surface area contributed by atoms with E-state index < -0.39 is 0 Å². The molecule has 3 heteroatoms. The summed E-state index contributed by atoms with van der Waals surface area (Å²) in [6, 6.07) is 10.1. The van der Waals surface area contributed by atoms with Gasteiger partial charge < -0.3 is 10.3 Å². The first-order valence-electron chi connectivity index (χ1n) is 7.14. The number of carbonyl (C=O) groups is 1. The SMILES string of the molecule is N=C(CCCN1CCCCC1=O)Cc1ccccc1. The molecular formula is C16H22N2O. The lowest BCUT2D eigenvalue weighted by molar-refractivity contribution is -0.133. The van der Waals surface area contributed by atoms with E-state index in [4.69, 9.17) is 5.41 Å². The highest BCUT2D eigenvalue weighted by molar-refractivity contribution is 5.83. The Morgan fingerprint density at radius 3 is 2.74 bits per heavy atom. The minimum Gasteiger partial charge on any atom is -0.343 e. The summed E-state index contributed by atoms with van der Waals surface area (Å²) in [6.45, 7) is 1.72. The molecule has 1 aromatic rings. The van der Waals surface area contributed by atoms with Crippen LogP contribution in [0.2, 0.25) is 0 Å². The molecule has 2 rings (SSSR count). The zero-order chi connectivity index (χ0) is 13.5. The second kappa shape index (κ2) is 7.07. The summed E-state index contributed by atoms with van der Waals surface area (Å²) < 4.78 is 0. The lowest BCUT2D eigenvalue weighted by atomic mass is 10.0. The highest BCUT2D eigenvalue weighted by atomic mass is 16.2. The van der Waals surface area contributed by atoms with E-state index in [-0.39, 0.29) is 0 Å². The van der Waals surface area contributed by atoms with Crippen molar-refractivity contribution in [1.82, 2.24) is 4.90 Å². The van der Waals surface area contributed by atoms with Gasteiger partial charge in [-0.1, -0.05) is 30.3 Å². The molecule has 3 nitrogen and oxygen atoms in total. The molecule has 0 radical (unpaired) electrons. The fraction of sp³-hybridized carbons (Fsp3) is 0.500. The van der Waals surface area contributed by atoms with Crippen molar-refractivity contribution in [3.8, 4) is 0 Å². The van der Waals surface area contributed by atoms with Gasteiger partial charge in [-0.05, 0) is 31.2 Å². The Hall–Kier alpha value is -1.64. The van der Waals surface area contributed by atoms with Crippen LogP contribution in [0.15, 0.2) is 30.3 Å². The van der Waals surface area contributed by atoms with Crippen LogP contribution >= 0.6 is 0 Å². The first-order valence-corrected chi connectivity index (χ1v) is 7.14. The second-order valence-electron chi connectivity index (χ2n) is 5.21. The molecule has 1 aromatic carbocycles. The molecule has 1 fully saturated rings. The lowest BCUT2D eigenvalue weighted by Gasteiger charge is -2.26. The molecule has 1 heterocycles. The lowest BCUT2D eigenvalue weighted by Crippen LogP contribution is -2.36. The zero-order valence-electron chi connectivity index (χ0n) is 11.4. The number of piperidine rings is 1. The van der Waals surface area contributed by atoms with Gasteiger partial charge in [-0.2, -0.15) is 0 Å². The van der Waals surface area contributed by atoms with Crippen molar-refractivity contribution in [2.75, 3.05) is 13.1 Å². The number of benzene rings is 1. The van der Waals surface area contributed by atoms with E-state index in [2.05, 4.69) is 12.1 Å². The van der Waals surface area contributed by atoms with Crippen LogP contribution in [0.3, 0.4) is 0 Å². The molecule has 19 heavy (non-hydrogen) atoms. The van der Waals surface area contributed by atoms with Gasteiger partial charge in [0.05, 0.1) is 0 Å². The zero-order valence-corrected chi connectivity index (χ0v) is 11.4. The van der Waals surface area contributed by atoms with E-state index >= 15 is 0 Å². The van der Waals surface area contributed by atoms with Crippen LogP contribution in [-0.2, 0) is 11.2 Å². The van der Waals surface area contributed by atoms with Gasteiger partial charge in [-0.25, -0.2) is 0 Å². The number of nitrogens with zero attached hydrogens (tertiary/aromatic N) is 1. The summed E-state index contributed by atoms with van der Waals surface area (Å²) >= 11 is 0. The van der Waals surface area contributed by atoms with E-state index in [1.165, 1.54) is 5.56 Å². The van der Waals surface area contributed by atoms with Crippen molar-refractivity contribution in [1.29, 1.82) is 5.41 Å². The Morgan fingerprint density at radius 2 is 2.00 bits per heavy atom. The number of rotatable bonds is 6. The molecule has 0 aromatic heterocycles. The molecule has 1 amide bonds. The minimum absolute atomic E-state index is 0.292. The first kappa shape index (κ1) is 13.8. The van der Waals surface area contributed by atoms with Gasteiger partial charge in [0.2, 0.25) is 5.91 Å². The van der Waals surface area contributed by atoms with Gasteiger partial charge in [0, 0.05) is 31.6 Å². The minimum atomic E-state index is 0.292. The normalized spacial score (nSPS) is 15.6. The fourth-order valence-electron chi connectivity index (χ4n) is 2.51. The quantitative estimate of drug-likeness (QED) is 0.783. The smallest absolute Gasteiger partial charge is 0.222 e. The third-order valence-corrected chi connectivity index (χ3v) is 3.59. The third-order valence-electron chi connectivity index (χ3n) is 3.59. The number of likely N-dealkylation sites (tertiary alicyclic amines) is 1. The summed E-state index contributed by atoms with van der Waals surface area (Å²) in [6.07, 6.45) is 5.32. The summed E-state index contributed by atoms with van der Waals surface area (Å²) in [5.41, 5.74) is 1.96. The number of amides is 1. The Bertz CT molecular complexity index is 428. The summed E-state index contributed by atoms with van der Waals surface area (Å²) in [4.78, 5) is 13.6. The summed E-state index contributed by atoms with van der Waals surface area (Å²) in [5.74, 6) is 0.292. The molecule has 1 aliphatic heterocycles. The van der Waals surface area contributed by atoms with Gasteiger partial charge in [-0.15, -0.1) is 0 Å². The maximum absolute atomic E-state index is 11.6. The van der Waals surface area contributed by atoms with Gasteiger partial charge >= 0.3 is 0 Å². The fourth-order valence-corrected chi connectivity index (χ4v) is 2.51. The Kier molecular flexibility index (Phi) is 5.13. The molecule has 0 spiro atoms. The van der Waals surface area contributed by atoms with Crippen molar-refractivity contribution in [3.05, 3.63) is 35.9 Å². The monoisotopic (exact) mass is 258 g/mol. The van der Waals surface area contributed by atoms with Crippen molar-refractivity contribution in [2.45, 2.75) is 38.5 Å². The van der Waals surface area contributed by atoms with Crippen LogP contribution < -0.4 is 0 Å². The van der Waals surface area contributed by atoms with Gasteiger partial charge in [-0.3, -0.25) is 4.79 Å². The van der Waals surface area contributed by atoms with E-state index in [9.17, 15) is 4.79 Å². The number of hydrogen-bond acceptors (Lipinski definition) is 2. The van der Waals surface area contributed by atoms with Gasteiger partial charge in [0.1, 0.15) is 0 Å². The van der Waals surface area contributed by atoms with E-state index in [1.54, 1.807) is 0 Å². The van der Waals surface area contributed by atoms with Crippen molar-refractivity contribution < 1.29 is 4.79 Å². The number of hydrogen-bond donors (Lipinski definition) is 1. The van der Waals surface area contributed by atoms with Crippen molar-refractivity contribution in [2.24, 2.45) is 0 Å². The highest BCUT2D eigenvalue weighted by Gasteiger charge is 2.17. The standard InChI is InChI=1S/C16H22N2O/c17-15(13-14-7-2-1-3-8-14)9-6-12-18-11-5-4-10-16(18)19/h1-3,7-8,17H,4-6,9-13H2. The van der Waals surface area contributed by atoms with Gasteiger partial charge in [0.25, 0.3) is 0 Å². The van der Waals surface area contributed by atoms with Crippen LogP contribution in [-0.4, -0.2) is 29.6 Å². The number of carbonyl (C=O) groups excluding carboxylic acids is 1. The molecule has 102 valence electrons. The van der Waals surface area contributed by atoms with Crippen molar-refractivity contribution >= 4 is 11.6 Å². The van der Waals surface area contributed by atoms with Crippen molar-refractivity contribution in [3.63, 3.8) is 0 Å². The third kappa shape index (κ3) is 4.51. The average Bonchev–Trinajstić information content (AvgIpc) is 2.42. The molecule has 0 saturated carbocycles. The predicted octanol–water partition coefficient (Wildman–Crippen LogP) is 3.04. The van der Waals surface area contributed by atoms with Crippen LogP contribution in [0.4, 0.5) is 0 Å². The maximum Gasteiger partial charge on any atom is 0.222 e. The summed E-state index contributed by atoms with van der Waals surface area (Å²) in [5, 5.41) is 7.99. The van der Waals surface area contributed by atoms with Crippen LogP contribution in [0, 0.1) is 5.41 Å². The molecule has 0 aliphatic carbocycles. The first-order chi connectivity index (χ1) is 9.25. The molecule has 0 atom stereocenters.